The Kier molecular flexibility index (Phi) is 4.94. The van der Waals surface area contributed by atoms with Crippen LogP contribution in [-0.4, -0.2) is 47.0 Å². The van der Waals surface area contributed by atoms with Gasteiger partial charge in [0.1, 0.15) is 17.2 Å². The standard InChI is InChI=1S/C20H20FN5O2/c21-15-6-8-16(9-7-15)26-19(22)18(17(24-26)14-4-2-1-3-5-14)23-20(27)25-10-12-28-13-11-25/h1-9H,10-13,22H2,(H,23,27). The molecule has 1 saturated heterocycles. The van der Waals surface area contributed by atoms with Gasteiger partial charge in [0.15, 0.2) is 5.82 Å². The van der Waals surface area contributed by atoms with Gasteiger partial charge in [-0.3, -0.25) is 0 Å². The van der Waals surface area contributed by atoms with Gasteiger partial charge in [0.2, 0.25) is 0 Å². The molecule has 0 radical (unpaired) electrons. The van der Waals surface area contributed by atoms with E-state index in [-0.39, 0.29) is 17.7 Å². The number of amides is 2. The molecule has 3 N–H and O–H groups in total. The molecule has 0 spiro atoms. The molecule has 0 aliphatic carbocycles. The van der Waals surface area contributed by atoms with Crippen LogP contribution in [0.25, 0.3) is 16.9 Å². The monoisotopic (exact) mass is 381 g/mol. The summed E-state index contributed by atoms with van der Waals surface area (Å²) in [6, 6.07) is 15.0. The van der Waals surface area contributed by atoms with Crippen LogP contribution in [0.3, 0.4) is 0 Å². The van der Waals surface area contributed by atoms with Crippen LogP contribution < -0.4 is 11.1 Å². The van der Waals surface area contributed by atoms with Gasteiger partial charge in [0.05, 0.1) is 18.9 Å². The van der Waals surface area contributed by atoms with E-state index in [4.69, 9.17) is 10.5 Å². The van der Waals surface area contributed by atoms with Crippen molar-refractivity contribution in [3.05, 3.63) is 60.4 Å². The molecule has 3 aromatic rings. The number of benzene rings is 2. The molecule has 1 aliphatic rings. The number of urea groups is 1. The predicted octanol–water partition coefficient (Wildman–Crippen LogP) is 3.12. The van der Waals surface area contributed by atoms with E-state index in [0.29, 0.717) is 43.4 Å². The van der Waals surface area contributed by atoms with E-state index >= 15 is 0 Å². The van der Waals surface area contributed by atoms with Crippen molar-refractivity contribution in [2.75, 3.05) is 37.4 Å². The van der Waals surface area contributed by atoms with Gasteiger partial charge in [-0.25, -0.2) is 13.9 Å². The lowest BCUT2D eigenvalue weighted by atomic mass is 10.1. The van der Waals surface area contributed by atoms with Crippen LogP contribution in [0.1, 0.15) is 0 Å². The number of hydrogen-bond acceptors (Lipinski definition) is 4. The molecule has 0 unspecified atom stereocenters. The summed E-state index contributed by atoms with van der Waals surface area (Å²) < 4.78 is 20.1. The Morgan fingerprint density at radius 2 is 1.75 bits per heavy atom. The van der Waals surface area contributed by atoms with Crippen LogP contribution in [0, 0.1) is 5.82 Å². The molecule has 28 heavy (non-hydrogen) atoms. The van der Waals surface area contributed by atoms with E-state index in [9.17, 15) is 9.18 Å². The quantitative estimate of drug-likeness (QED) is 0.730. The minimum atomic E-state index is -0.349. The number of carbonyl (C=O) groups excluding carboxylic acids is 1. The van der Waals surface area contributed by atoms with Crippen LogP contribution in [0.5, 0.6) is 0 Å². The van der Waals surface area contributed by atoms with Crippen molar-refractivity contribution in [2.24, 2.45) is 0 Å². The number of aromatic nitrogens is 2. The summed E-state index contributed by atoms with van der Waals surface area (Å²) >= 11 is 0. The van der Waals surface area contributed by atoms with Gasteiger partial charge in [-0.2, -0.15) is 5.10 Å². The highest BCUT2D eigenvalue weighted by molar-refractivity contribution is 5.97. The van der Waals surface area contributed by atoms with E-state index in [1.807, 2.05) is 30.3 Å². The zero-order valence-corrected chi connectivity index (χ0v) is 15.1. The highest BCUT2D eigenvalue weighted by atomic mass is 19.1. The Morgan fingerprint density at radius 3 is 2.43 bits per heavy atom. The minimum Gasteiger partial charge on any atom is -0.382 e. The number of nitrogen functional groups attached to an aromatic ring is 1. The van der Waals surface area contributed by atoms with Gasteiger partial charge in [-0.05, 0) is 24.3 Å². The predicted molar refractivity (Wildman–Crippen MR) is 105 cm³/mol. The molecule has 1 aromatic heterocycles. The fraction of sp³-hybridized carbons (Fsp3) is 0.200. The molecule has 1 aliphatic heterocycles. The number of morpholine rings is 1. The Bertz CT molecular complexity index is 966. The Balaban J connectivity index is 1.74. The number of carbonyl (C=O) groups is 1. The lowest BCUT2D eigenvalue weighted by Gasteiger charge is -2.27. The summed E-state index contributed by atoms with van der Waals surface area (Å²) in [5.41, 5.74) is 8.72. The summed E-state index contributed by atoms with van der Waals surface area (Å²) in [6.45, 7) is 2.03. The van der Waals surface area contributed by atoms with E-state index in [1.54, 1.807) is 17.0 Å². The molecule has 0 bridgehead atoms. The van der Waals surface area contributed by atoms with Crippen molar-refractivity contribution < 1.29 is 13.9 Å². The lowest BCUT2D eigenvalue weighted by Crippen LogP contribution is -2.43. The molecule has 1 fully saturated rings. The average molecular weight is 381 g/mol. The van der Waals surface area contributed by atoms with Crippen LogP contribution in [-0.2, 0) is 4.74 Å². The molecule has 0 saturated carbocycles. The fourth-order valence-electron chi connectivity index (χ4n) is 3.08. The van der Waals surface area contributed by atoms with Crippen molar-refractivity contribution in [1.82, 2.24) is 14.7 Å². The molecular weight excluding hydrogens is 361 g/mol. The number of nitrogens with zero attached hydrogens (tertiary/aromatic N) is 3. The maximum absolute atomic E-state index is 13.3. The molecule has 8 heteroatoms. The Hall–Kier alpha value is -3.39. The zero-order valence-electron chi connectivity index (χ0n) is 15.1. The molecule has 2 heterocycles. The molecule has 4 rings (SSSR count). The fourth-order valence-corrected chi connectivity index (χ4v) is 3.08. The first kappa shape index (κ1) is 18.0. The number of anilines is 2. The molecule has 0 atom stereocenters. The number of nitrogens with two attached hydrogens (primary N) is 1. The second-order valence-corrected chi connectivity index (χ2v) is 6.39. The summed E-state index contributed by atoms with van der Waals surface area (Å²) in [7, 11) is 0. The second kappa shape index (κ2) is 7.69. The Morgan fingerprint density at radius 1 is 1.07 bits per heavy atom. The SMILES string of the molecule is Nc1c(NC(=O)N2CCOCC2)c(-c2ccccc2)nn1-c1ccc(F)cc1. The van der Waals surface area contributed by atoms with Crippen molar-refractivity contribution in [2.45, 2.75) is 0 Å². The van der Waals surface area contributed by atoms with Crippen molar-refractivity contribution >= 4 is 17.5 Å². The summed E-state index contributed by atoms with van der Waals surface area (Å²) in [5.74, 6) is -0.0781. The molecule has 2 aromatic carbocycles. The maximum atomic E-state index is 13.3. The number of halogens is 1. The molecule has 144 valence electrons. The first-order chi connectivity index (χ1) is 13.6. The van der Waals surface area contributed by atoms with Crippen molar-refractivity contribution in [1.29, 1.82) is 0 Å². The van der Waals surface area contributed by atoms with Gasteiger partial charge in [0.25, 0.3) is 0 Å². The topological polar surface area (TPSA) is 85.4 Å². The van der Waals surface area contributed by atoms with E-state index in [0.717, 1.165) is 5.56 Å². The normalized spacial score (nSPS) is 14.1. The summed E-state index contributed by atoms with van der Waals surface area (Å²) in [6.07, 6.45) is 0. The number of rotatable bonds is 3. The number of ether oxygens (including phenoxy) is 1. The van der Waals surface area contributed by atoms with Gasteiger partial charge < -0.3 is 20.7 Å². The third-order valence-electron chi connectivity index (χ3n) is 4.57. The minimum absolute atomic E-state index is 0.258. The third kappa shape index (κ3) is 3.54. The first-order valence-corrected chi connectivity index (χ1v) is 8.97. The number of hydrogen-bond donors (Lipinski definition) is 2. The Labute approximate surface area is 161 Å². The van der Waals surface area contributed by atoms with Crippen LogP contribution in [0.4, 0.5) is 20.7 Å². The molecular formula is C20H20FN5O2. The zero-order chi connectivity index (χ0) is 19.5. The first-order valence-electron chi connectivity index (χ1n) is 8.97. The second-order valence-electron chi connectivity index (χ2n) is 6.39. The van der Waals surface area contributed by atoms with Gasteiger partial charge in [0, 0.05) is 18.7 Å². The number of nitrogens with one attached hydrogen (secondary N) is 1. The van der Waals surface area contributed by atoms with Gasteiger partial charge in [-0.15, -0.1) is 0 Å². The largest absolute Gasteiger partial charge is 0.382 e. The van der Waals surface area contributed by atoms with E-state index in [1.165, 1.54) is 16.8 Å². The molecule has 7 nitrogen and oxygen atoms in total. The van der Waals surface area contributed by atoms with Gasteiger partial charge >= 0.3 is 6.03 Å². The molecule has 2 amide bonds. The van der Waals surface area contributed by atoms with E-state index < -0.39 is 0 Å². The maximum Gasteiger partial charge on any atom is 0.322 e. The van der Waals surface area contributed by atoms with Crippen molar-refractivity contribution in [3.8, 4) is 16.9 Å². The summed E-state index contributed by atoms with van der Waals surface area (Å²) in [4.78, 5) is 14.4. The average Bonchev–Trinajstić information content (AvgIpc) is 3.06. The highest BCUT2D eigenvalue weighted by Crippen LogP contribution is 2.34. The van der Waals surface area contributed by atoms with Crippen LogP contribution >= 0.6 is 0 Å². The highest BCUT2D eigenvalue weighted by Gasteiger charge is 2.23. The van der Waals surface area contributed by atoms with Crippen molar-refractivity contribution in [3.63, 3.8) is 0 Å². The lowest BCUT2D eigenvalue weighted by molar-refractivity contribution is 0.0565. The summed E-state index contributed by atoms with van der Waals surface area (Å²) in [5, 5.41) is 7.49. The van der Waals surface area contributed by atoms with Gasteiger partial charge in [-0.1, -0.05) is 30.3 Å². The third-order valence-corrected chi connectivity index (χ3v) is 4.57. The van der Waals surface area contributed by atoms with E-state index in [2.05, 4.69) is 10.4 Å². The smallest absolute Gasteiger partial charge is 0.322 e. The van der Waals surface area contributed by atoms with Crippen LogP contribution in [0.2, 0.25) is 0 Å². The van der Waals surface area contributed by atoms with Crippen LogP contribution in [0.15, 0.2) is 54.6 Å².